The lowest BCUT2D eigenvalue weighted by Gasteiger charge is -2.09. The van der Waals surface area contributed by atoms with E-state index in [2.05, 4.69) is 17.2 Å². The van der Waals surface area contributed by atoms with Crippen LogP contribution in [0.25, 0.3) is 0 Å². The molecule has 9 heavy (non-hydrogen) atoms. The van der Waals surface area contributed by atoms with Crippen LogP contribution in [0.3, 0.4) is 0 Å². The van der Waals surface area contributed by atoms with Crippen molar-refractivity contribution in [3.63, 3.8) is 0 Å². The third-order valence-electron chi connectivity index (χ3n) is 1.06. The third-order valence-corrected chi connectivity index (χ3v) is 1.06. The summed E-state index contributed by atoms with van der Waals surface area (Å²) >= 11 is 0. The van der Waals surface area contributed by atoms with Gasteiger partial charge in [0.05, 0.1) is 0 Å². The Kier molecular flexibility index (Phi) is 7.08. The van der Waals surface area contributed by atoms with Crippen LogP contribution >= 0.6 is 0 Å². The predicted molar refractivity (Wildman–Crippen MR) is 41.4 cm³/mol. The third kappa shape index (κ3) is 7.50. The van der Waals surface area contributed by atoms with Crippen molar-refractivity contribution in [2.45, 2.75) is 13.3 Å². The van der Waals surface area contributed by atoms with Crippen molar-refractivity contribution in [3.8, 4) is 0 Å². The first kappa shape index (κ1) is 8.50. The van der Waals surface area contributed by atoms with Gasteiger partial charge in [-0.05, 0) is 32.6 Å². The molecule has 1 aliphatic rings. The van der Waals surface area contributed by atoms with Gasteiger partial charge in [0.25, 0.3) is 0 Å². The van der Waals surface area contributed by atoms with Gasteiger partial charge in [-0.15, -0.1) is 0 Å². The maximum atomic E-state index is 3.44. The predicted octanol–water partition coefficient (Wildman–Crippen LogP) is 0.719. The van der Waals surface area contributed by atoms with Crippen LogP contribution in [0.15, 0.2) is 12.8 Å². The van der Waals surface area contributed by atoms with Gasteiger partial charge in [0.1, 0.15) is 0 Å². The van der Waals surface area contributed by atoms with Crippen molar-refractivity contribution in [2.24, 2.45) is 0 Å². The summed E-state index contributed by atoms with van der Waals surface area (Å²) in [5, 5.41) is 5.99. The summed E-state index contributed by atoms with van der Waals surface area (Å²) in [5.41, 5.74) is 0. The molecular formula is C7H16N2. The molecule has 0 bridgehead atoms. The summed E-state index contributed by atoms with van der Waals surface area (Å²) in [6, 6.07) is 0. The quantitative estimate of drug-likeness (QED) is 0.572. The fourth-order valence-corrected chi connectivity index (χ4v) is 0.321. The first-order valence-corrected chi connectivity index (χ1v) is 3.46. The molecule has 2 nitrogen and oxygen atoms in total. The Morgan fingerprint density at radius 2 is 2.11 bits per heavy atom. The van der Waals surface area contributed by atoms with Crippen molar-refractivity contribution in [1.29, 1.82) is 0 Å². The van der Waals surface area contributed by atoms with Gasteiger partial charge in [-0.1, -0.05) is 6.58 Å². The lowest BCUT2D eigenvalue weighted by atomic mass is 10.3. The molecule has 1 aliphatic heterocycles. The minimum absolute atomic E-state index is 0.976. The summed E-state index contributed by atoms with van der Waals surface area (Å²) in [7, 11) is 0. The van der Waals surface area contributed by atoms with Gasteiger partial charge in [0.2, 0.25) is 0 Å². The maximum Gasteiger partial charge on any atom is 0.0112 e. The highest BCUT2D eigenvalue weighted by Gasteiger charge is 1.92. The van der Waals surface area contributed by atoms with Crippen molar-refractivity contribution in [3.05, 3.63) is 12.8 Å². The van der Waals surface area contributed by atoms with E-state index >= 15 is 0 Å². The minimum atomic E-state index is 0.976. The Hall–Kier alpha value is -0.500. The number of hydrogen-bond donors (Lipinski definition) is 2. The van der Waals surface area contributed by atoms with Crippen LogP contribution in [0.5, 0.6) is 0 Å². The molecule has 2 N–H and O–H groups in total. The highest BCUT2D eigenvalue weighted by atomic mass is 14.9. The fraction of sp³-hybridized carbons (Fsp3) is 0.714. The average molecular weight is 128 g/mol. The molecule has 0 spiro atoms. The molecular weight excluding hydrogens is 112 g/mol. The molecule has 1 saturated heterocycles. The standard InChI is InChI=1S/C4H9N.C3H7N/c1-3-5-4-2;1-2-4-3-1/h3,5H,1,4H2,2H3;4H,1-3H2. The molecule has 1 rings (SSSR count). The van der Waals surface area contributed by atoms with Gasteiger partial charge < -0.3 is 10.6 Å². The van der Waals surface area contributed by atoms with Crippen LogP contribution < -0.4 is 10.6 Å². The molecule has 0 radical (unpaired) electrons. The fourth-order valence-electron chi connectivity index (χ4n) is 0.321. The Bertz CT molecular complexity index is 53.9. The van der Waals surface area contributed by atoms with E-state index in [1.165, 1.54) is 19.5 Å². The molecule has 0 atom stereocenters. The van der Waals surface area contributed by atoms with Gasteiger partial charge >= 0.3 is 0 Å². The van der Waals surface area contributed by atoms with Crippen LogP contribution in [0, 0.1) is 0 Å². The molecule has 0 aromatic heterocycles. The van der Waals surface area contributed by atoms with Crippen molar-refractivity contribution in [2.75, 3.05) is 19.6 Å². The van der Waals surface area contributed by atoms with Crippen LogP contribution in [0.4, 0.5) is 0 Å². The highest BCUT2D eigenvalue weighted by molar-refractivity contribution is 4.58. The van der Waals surface area contributed by atoms with Gasteiger partial charge in [-0.3, -0.25) is 0 Å². The van der Waals surface area contributed by atoms with E-state index in [9.17, 15) is 0 Å². The second-order valence-electron chi connectivity index (χ2n) is 1.87. The topological polar surface area (TPSA) is 24.1 Å². The Balaban J connectivity index is 0.000000144. The molecule has 0 amide bonds. The zero-order chi connectivity index (χ0) is 6.95. The number of hydrogen-bond acceptors (Lipinski definition) is 2. The molecule has 0 aromatic rings. The van der Waals surface area contributed by atoms with Gasteiger partial charge in [0.15, 0.2) is 0 Å². The van der Waals surface area contributed by atoms with E-state index in [-0.39, 0.29) is 0 Å². The summed E-state index contributed by atoms with van der Waals surface area (Å²) in [5.74, 6) is 0. The second kappa shape index (κ2) is 7.50. The normalized spacial score (nSPS) is 14.3. The van der Waals surface area contributed by atoms with Gasteiger partial charge in [-0.25, -0.2) is 0 Å². The summed E-state index contributed by atoms with van der Waals surface area (Å²) < 4.78 is 0. The minimum Gasteiger partial charge on any atom is -0.392 e. The van der Waals surface area contributed by atoms with Crippen LogP contribution in [0.1, 0.15) is 13.3 Å². The average Bonchev–Trinajstić information content (AvgIpc) is 1.63. The first-order chi connectivity index (χ1) is 4.41. The summed E-state index contributed by atoms with van der Waals surface area (Å²) in [6.45, 7) is 8.94. The van der Waals surface area contributed by atoms with Crippen LogP contribution in [-0.4, -0.2) is 19.6 Å². The zero-order valence-corrected chi connectivity index (χ0v) is 6.11. The Morgan fingerprint density at radius 1 is 1.67 bits per heavy atom. The van der Waals surface area contributed by atoms with E-state index in [0.717, 1.165) is 6.54 Å². The lowest BCUT2D eigenvalue weighted by molar-refractivity contribution is 0.527. The maximum absolute atomic E-state index is 3.44. The number of rotatable bonds is 2. The van der Waals surface area contributed by atoms with E-state index in [1.807, 2.05) is 6.92 Å². The second-order valence-corrected chi connectivity index (χ2v) is 1.87. The molecule has 2 heteroatoms. The van der Waals surface area contributed by atoms with Crippen LogP contribution in [-0.2, 0) is 0 Å². The molecule has 0 saturated carbocycles. The van der Waals surface area contributed by atoms with E-state index in [1.54, 1.807) is 6.20 Å². The van der Waals surface area contributed by atoms with Gasteiger partial charge in [-0.2, -0.15) is 0 Å². The molecule has 0 aliphatic carbocycles. The summed E-state index contributed by atoms with van der Waals surface area (Å²) in [4.78, 5) is 0. The van der Waals surface area contributed by atoms with Gasteiger partial charge in [0, 0.05) is 6.54 Å². The molecule has 54 valence electrons. The molecule has 1 fully saturated rings. The molecule has 0 aromatic carbocycles. The zero-order valence-electron chi connectivity index (χ0n) is 6.11. The van der Waals surface area contributed by atoms with Crippen molar-refractivity contribution >= 4 is 0 Å². The monoisotopic (exact) mass is 128 g/mol. The highest BCUT2D eigenvalue weighted by Crippen LogP contribution is 1.80. The SMILES string of the molecule is C1CNC1.C=CNCC. The first-order valence-electron chi connectivity index (χ1n) is 3.46. The smallest absolute Gasteiger partial charge is 0.0112 e. The lowest BCUT2D eigenvalue weighted by Crippen LogP contribution is -2.29. The van der Waals surface area contributed by atoms with E-state index < -0.39 is 0 Å². The van der Waals surface area contributed by atoms with Crippen LogP contribution in [0.2, 0.25) is 0 Å². The van der Waals surface area contributed by atoms with E-state index in [0.29, 0.717) is 0 Å². The molecule has 1 heterocycles. The largest absolute Gasteiger partial charge is 0.392 e. The molecule has 0 unspecified atom stereocenters. The van der Waals surface area contributed by atoms with Crippen molar-refractivity contribution < 1.29 is 0 Å². The Morgan fingerprint density at radius 3 is 2.11 bits per heavy atom. The van der Waals surface area contributed by atoms with E-state index in [4.69, 9.17) is 0 Å². The Labute approximate surface area is 57.3 Å². The summed E-state index contributed by atoms with van der Waals surface area (Å²) in [6.07, 6.45) is 3.07. The number of nitrogens with one attached hydrogen (secondary N) is 2. The van der Waals surface area contributed by atoms with Crippen molar-refractivity contribution in [1.82, 2.24) is 10.6 Å².